The number of thiophene rings is 1. The lowest BCUT2D eigenvalue weighted by Crippen LogP contribution is -2.70. The maximum atomic E-state index is 12.8. The van der Waals surface area contributed by atoms with Crippen molar-refractivity contribution in [3.63, 3.8) is 0 Å². The highest BCUT2D eigenvalue weighted by molar-refractivity contribution is 8.01. The maximum Gasteiger partial charge on any atom is 0.352 e. The highest BCUT2D eigenvalue weighted by Gasteiger charge is 2.54. The minimum atomic E-state index is -1.49. The van der Waals surface area contributed by atoms with E-state index in [1.807, 2.05) is 13.8 Å². The topological polar surface area (TPSA) is 134 Å². The van der Waals surface area contributed by atoms with E-state index < -0.39 is 40.0 Å². The Hall–Kier alpha value is -2.16. The summed E-state index contributed by atoms with van der Waals surface area (Å²) < 4.78 is 14.6. The summed E-state index contributed by atoms with van der Waals surface area (Å²) in [6.07, 6.45) is 0.706. The number of thioether (sulfide) groups is 2. The zero-order valence-electron chi connectivity index (χ0n) is 18.4. The van der Waals surface area contributed by atoms with E-state index in [-0.39, 0.29) is 11.4 Å². The van der Waals surface area contributed by atoms with E-state index in [0.29, 0.717) is 39.4 Å². The Morgan fingerprint density at radius 1 is 1.38 bits per heavy atom. The second-order valence-electron chi connectivity index (χ2n) is 7.40. The largest absolute Gasteiger partial charge is 0.477 e. The third-order valence-electron chi connectivity index (χ3n) is 5.22. The van der Waals surface area contributed by atoms with E-state index in [4.69, 9.17) is 0 Å². The number of aryl methyl sites for hydroxylation is 2. The molecule has 34 heavy (non-hydrogen) atoms. The number of carboxylic acids is 1. The van der Waals surface area contributed by atoms with Crippen LogP contribution in [0, 0.1) is 0 Å². The van der Waals surface area contributed by atoms with Gasteiger partial charge in [-0.2, -0.15) is 5.10 Å². The third-order valence-corrected chi connectivity index (χ3v) is 10.2. The van der Waals surface area contributed by atoms with E-state index >= 15 is 0 Å². The molecule has 0 aromatic carbocycles. The first-order valence-electron chi connectivity index (χ1n) is 10.5. The van der Waals surface area contributed by atoms with Crippen LogP contribution in [0.1, 0.15) is 19.7 Å². The number of aliphatic carboxylic acids is 1. The first-order valence-corrected chi connectivity index (χ1v) is 14.7. The number of nitrogens with zero attached hydrogens (tertiary/aromatic N) is 4. The van der Waals surface area contributed by atoms with Gasteiger partial charge in [-0.25, -0.2) is 14.5 Å². The van der Waals surface area contributed by atoms with E-state index in [9.17, 15) is 23.7 Å². The van der Waals surface area contributed by atoms with E-state index in [0.717, 1.165) is 5.82 Å². The molecule has 0 radical (unpaired) electrons. The van der Waals surface area contributed by atoms with Crippen molar-refractivity contribution in [2.24, 2.45) is 0 Å². The van der Waals surface area contributed by atoms with Crippen LogP contribution in [0.5, 0.6) is 0 Å². The molecule has 1 saturated heterocycles. The number of carbonyl (C=O) groups excluding carboxylic acids is 2. The number of aromatic nitrogens is 3. The molecule has 1 fully saturated rings. The molecule has 0 bridgehead atoms. The summed E-state index contributed by atoms with van der Waals surface area (Å²) in [6, 6.07) is 2.61. The Labute approximate surface area is 211 Å². The van der Waals surface area contributed by atoms with Gasteiger partial charge in [0.25, 0.3) is 5.91 Å². The molecule has 2 N–H and O–H groups in total. The molecule has 10 nitrogen and oxygen atoms in total. The Kier molecular flexibility index (Phi) is 7.80. The Balaban J connectivity index is 1.43. The van der Waals surface area contributed by atoms with Gasteiger partial charge in [-0.3, -0.25) is 18.7 Å². The minimum Gasteiger partial charge on any atom is -0.477 e. The van der Waals surface area contributed by atoms with Crippen molar-refractivity contribution in [1.82, 2.24) is 25.0 Å². The fourth-order valence-electron chi connectivity index (χ4n) is 3.58. The average Bonchev–Trinajstić information content (AvgIpc) is 3.50. The molecule has 2 aromatic rings. The van der Waals surface area contributed by atoms with Crippen LogP contribution in [-0.2, 0) is 38.1 Å². The molecular weight excluding hydrogens is 519 g/mol. The molecule has 2 aromatic heterocycles. The number of β-lactam (4-membered cyclic amide) rings is 1. The van der Waals surface area contributed by atoms with Crippen molar-refractivity contribution < 1.29 is 23.7 Å². The summed E-state index contributed by atoms with van der Waals surface area (Å²) in [5, 5.41) is 18.9. The second-order valence-corrected chi connectivity index (χ2v) is 12.1. The smallest absolute Gasteiger partial charge is 0.352 e. The third kappa shape index (κ3) is 4.95. The van der Waals surface area contributed by atoms with Crippen LogP contribution in [-0.4, -0.2) is 75.4 Å². The van der Waals surface area contributed by atoms with Gasteiger partial charge in [0.2, 0.25) is 5.91 Å². The molecule has 0 saturated carbocycles. The molecule has 0 spiro atoms. The number of rotatable bonds is 10. The number of hydrogen-bond acceptors (Lipinski definition) is 9. The molecule has 2 aliphatic rings. The van der Waals surface area contributed by atoms with Crippen molar-refractivity contribution >= 4 is 63.4 Å². The van der Waals surface area contributed by atoms with Crippen LogP contribution in [0.2, 0.25) is 0 Å². The normalized spacial score (nSPS) is 20.6. The van der Waals surface area contributed by atoms with Gasteiger partial charge < -0.3 is 10.4 Å². The predicted molar refractivity (Wildman–Crippen MR) is 131 cm³/mol. The van der Waals surface area contributed by atoms with Crippen molar-refractivity contribution in [1.29, 1.82) is 0 Å². The summed E-state index contributed by atoms with van der Waals surface area (Å²) in [4.78, 5) is 43.0. The molecule has 2 amide bonds. The van der Waals surface area contributed by atoms with Crippen LogP contribution in [0.4, 0.5) is 0 Å². The fraction of sp³-hybridized carbons (Fsp3) is 0.450. The molecule has 4 rings (SSSR count). The van der Waals surface area contributed by atoms with Crippen LogP contribution in [0.15, 0.2) is 38.1 Å². The van der Waals surface area contributed by atoms with Crippen LogP contribution < -0.4 is 5.32 Å². The van der Waals surface area contributed by atoms with Crippen LogP contribution in [0.3, 0.4) is 0 Å². The van der Waals surface area contributed by atoms with Crippen molar-refractivity contribution in [2.75, 3.05) is 17.3 Å². The lowest BCUT2D eigenvalue weighted by atomic mass is 10.0. The summed E-state index contributed by atoms with van der Waals surface area (Å²) in [5.41, 5.74) is 0.589. The average molecular weight is 542 g/mol. The SMILES string of the molecule is CCc1nc(SCC2=C(C(=O)O)N3C(=O)C(NC(=O)CS(=O)c4cccs4)C3SC2)n(CC)n1. The quantitative estimate of drug-likeness (QED) is 0.339. The van der Waals surface area contributed by atoms with Crippen LogP contribution >= 0.6 is 34.9 Å². The van der Waals surface area contributed by atoms with Gasteiger partial charge in [0, 0.05) is 24.5 Å². The molecule has 14 heteroatoms. The van der Waals surface area contributed by atoms with E-state index in [1.165, 1.54) is 39.8 Å². The van der Waals surface area contributed by atoms with Gasteiger partial charge in [-0.1, -0.05) is 24.8 Å². The van der Waals surface area contributed by atoms with Crippen molar-refractivity contribution in [3.05, 3.63) is 34.6 Å². The first kappa shape index (κ1) is 24.9. The van der Waals surface area contributed by atoms with Crippen molar-refractivity contribution in [3.8, 4) is 0 Å². The van der Waals surface area contributed by atoms with Gasteiger partial charge >= 0.3 is 5.97 Å². The minimum absolute atomic E-state index is 0.0350. The molecule has 3 atom stereocenters. The first-order chi connectivity index (χ1) is 16.3. The fourth-order valence-corrected chi connectivity index (χ4v) is 8.00. The summed E-state index contributed by atoms with van der Waals surface area (Å²) >= 11 is 4.10. The number of nitrogens with one attached hydrogen (secondary N) is 1. The predicted octanol–water partition coefficient (Wildman–Crippen LogP) is 1.56. The monoisotopic (exact) mass is 541 g/mol. The summed E-state index contributed by atoms with van der Waals surface area (Å²) in [7, 11) is -1.49. The molecular formula is C20H23N5O5S4. The number of amides is 2. The van der Waals surface area contributed by atoms with Crippen molar-refractivity contribution in [2.45, 2.75) is 47.6 Å². The lowest BCUT2D eigenvalue weighted by molar-refractivity contribution is -0.150. The summed E-state index contributed by atoms with van der Waals surface area (Å²) in [5.74, 6) is -0.893. The van der Waals surface area contributed by atoms with Gasteiger partial charge in [0.05, 0.1) is 15.0 Å². The van der Waals surface area contributed by atoms with Gasteiger partial charge in [-0.15, -0.1) is 23.1 Å². The molecule has 0 aliphatic carbocycles. The Morgan fingerprint density at radius 2 is 2.18 bits per heavy atom. The van der Waals surface area contributed by atoms with E-state index in [1.54, 1.807) is 22.2 Å². The second kappa shape index (κ2) is 10.6. The Bertz CT molecular complexity index is 1160. The molecule has 3 unspecified atom stereocenters. The number of fused-ring (bicyclic) bond motifs is 1. The summed E-state index contributed by atoms with van der Waals surface area (Å²) in [6.45, 7) is 4.59. The standard InChI is InChI=1S/C20H23N5O5S4/c1-3-12-21-20(24(4-2)23-12)33-9-11-8-32-18-15(17(27)25(18)16(11)19(28)29)22-13(26)10-34(30)14-6-5-7-31-14/h5-7,15,18H,3-4,8-10H2,1-2H3,(H,22,26)(H,28,29). The molecule has 2 aliphatic heterocycles. The molecule has 182 valence electrons. The van der Waals surface area contributed by atoms with Gasteiger partial charge in [0.15, 0.2) is 11.0 Å². The van der Waals surface area contributed by atoms with Gasteiger partial charge in [0.1, 0.15) is 22.9 Å². The number of carbonyl (C=O) groups is 3. The van der Waals surface area contributed by atoms with Crippen LogP contribution in [0.25, 0.3) is 0 Å². The lowest BCUT2D eigenvalue weighted by Gasteiger charge is -2.49. The maximum absolute atomic E-state index is 12.8. The zero-order valence-corrected chi connectivity index (χ0v) is 21.7. The molecule has 4 heterocycles. The number of hydrogen-bond donors (Lipinski definition) is 2. The number of carboxylic acid groups (broad SMARTS) is 1. The Morgan fingerprint density at radius 3 is 2.82 bits per heavy atom. The highest BCUT2D eigenvalue weighted by Crippen LogP contribution is 2.41. The van der Waals surface area contributed by atoms with E-state index in [2.05, 4.69) is 15.4 Å². The zero-order chi connectivity index (χ0) is 24.4. The highest BCUT2D eigenvalue weighted by atomic mass is 32.2. The van der Waals surface area contributed by atoms with Gasteiger partial charge in [-0.05, 0) is 23.9 Å².